The zero-order valence-electron chi connectivity index (χ0n) is 15.9. The molecular formula is C19H26FN5O2S+2. The minimum absolute atomic E-state index is 0.0538. The van der Waals surface area contributed by atoms with Gasteiger partial charge in [-0.1, -0.05) is 30.4 Å². The maximum atomic E-state index is 14.7. The van der Waals surface area contributed by atoms with Crippen molar-refractivity contribution in [3.8, 4) is 5.88 Å². The van der Waals surface area contributed by atoms with E-state index in [1.165, 1.54) is 31.7 Å². The van der Waals surface area contributed by atoms with Crippen LogP contribution in [0.5, 0.6) is 5.88 Å². The van der Waals surface area contributed by atoms with E-state index >= 15 is 0 Å². The maximum Gasteiger partial charge on any atom is 0.235 e. The van der Waals surface area contributed by atoms with Gasteiger partial charge < -0.3 is 20.0 Å². The number of aliphatic hydroxyl groups excluding tert-OH is 1. The third kappa shape index (κ3) is 3.50. The summed E-state index contributed by atoms with van der Waals surface area (Å²) < 4.78 is 16.2. The second kappa shape index (κ2) is 8.12. The summed E-state index contributed by atoms with van der Waals surface area (Å²) in [5.41, 5.74) is 0.582. The molecule has 4 N–H and O–H groups in total. The Morgan fingerprint density at radius 1 is 1.25 bits per heavy atom. The van der Waals surface area contributed by atoms with Crippen LogP contribution in [0.3, 0.4) is 0 Å². The van der Waals surface area contributed by atoms with E-state index in [-0.39, 0.29) is 24.3 Å². The largest absolute Gasteiger partial charge is 0.492 e. The molecule has 3 heterocycles. The van der Waals surface area contributed by atoms with Gasteiger partial charge in [-0.25, -0.2) is 9.37 Å². The quantitative estimate of drug-likeness (QED) is 0.426. The van der Waals surface area contributed by atoms with Crippen molar-refractivity contribution in [3.63, 3.8) is 0 Å². The average Bonchev–Trinajstić information content (AvgIpc) is 3.24. The molecule has 150 valence electrons. The van der Waals surface area contributed by atoms with Gasteiger partial charge in [-0.15, -0.1) is 5.10 Å². The minimum atomic E-state index is -0.310. The SMILES string of the molecule is CCc1nc2sc([C@H](c3ccccc3F)[NH+]3CC[NH+](CCO)CC3)c(O)n2n1. The lowest BCUT2D eigenvalue weighted by atomic mass is 10.0. The fourth-order valence-corrected chi connectivity index (χ4v) is 5.16. The zero-order valence-corrected chi connectivity index (χ0v) is 16.7. The summed E-state index contributed by atoms with van der Waals surface area (Å²) in [5, 5.41) is 24.4. The summed E-state index contributed by atoms with van der Waals surface area (Å²) in [5.74, 6) is 0.472. The van der Waals surface area contributed by atoms with Crippen LogP contribution in [-0.2, 0) is 6.42 Å². The van der Waals surface area contributed by atoms with Crippen molar-refractivity contribution in [1.29, 1.82) is 0 Å². The van der Waals surface area contributed by atoms with E-state index in [1.807, 2.05) is 13.0 Å². The molecule has 1 aromatic carbocycles. The maximum absolute atomic E-state index is 14.7. The monoisotopic (exact) mass is 407 g/mol. The first kappa shape index (κ1) is 19.3. The van der Waals surface area contributed by atoms with Crippen LogP contribution < -0.4 is 9.80 Å². The molecule has 28 heavy (non-hydrogen) atoms. The van der Waals surface area contributed by atoms with Crippen LogP contribution in [0.25, 0.3) is 4.96 Å². The number of aromatic hydroxyl groups is 1. The van der Waals surface area contributed by atoms with Gasteiger partial charge in [0.05, 0.1) is 12.2 Å². The minimum Gasteiger partial charge on any atom is -0.492 e. The predicted octanol–water partition coefficient (Wildman–Crippen LogP) is -0.937. The van der Waals surface area contributed by atoms with Gasteiger partial charge in [-0.2, -0.15) is 4.52 Å². The lowest BCUT2D eigenvalue weighted by Crippen LogP contribution is -3.28. The number of thiazole rings is 1. The van der Waals surface area contributed by atoms with E-state index in [1.54, 1.807) is 12.1 Å². The van der Waals surface area contributed by atoms with Crippen molar-refractivity contribution in [2.24, 2.45) is 0 Å². The highest BCUT2D eigenvalue weighted by Gasteiger charge is 2.37. The van der Waals surface area contributed by atoms with Crippen molar-refractivity contribution in [3.05, 3.63) is 46.3 Å². The van der Waals surface area contributed by atoms with Gasteiger partial charge in [0.25, 0.3) is 0 Å². The summed E-state index contributed by atoms with van der Waals surface area (Å²) in [4.78, 5) is 8.37. The molecule has 0 unspecified atom stereocenters. The molecule has 0 bridgehead atoms. The third-order valence-corrected chi connectivity index (χ3v) is 6.60. The van der Waals surface area contributed by atoms with Crippen LogP contribution >= 0.6 is 11.3 Å². The van der Waals surface area contributed by atoms with E-state index < -0.39 is 0 Å². The number of aromatic nitrogens is 3. The molecule has 0 saturated carbocycles. The molecule has 0 radical (unpaired) electrons. The average molecular weight is 408 g/mol. The fraction of sp³-hybridized carbons (Fsp3) is 0.474. The molecule has 1 aliphatic heterocycles. The van der Waals surface area contributed by atoms with Gasteiger partial charge in [0.1, 0.15) is 43.4 Å². The Labute approximate surface area is 166 Å². The van der Waals surface area contributed by atoms with Crippen molar-refractivity contribution >= 4 is 16.3 Å². The highest BCUT2D eigenvalue weighted by Crippen LogP contribution is 2.35. The smallest absolute Gasteiger partial charge is 0.235 e. The van der Waals surface area contributed by atoms with Crippen molar-refractivity contribution in [2.75, 3.05) is 39.3 Å². The van der Waals surface area contributed by atoms with E-state index in [4.69, 9.17) is 0 Å². The van der Waals surface area contributed by atoms with Gasteiger partial charge in [-0.3, -0.25) is 0 Å². The Hall–Kier alpha value is -2.07. The van der Waals surface area contributed by atoms with Crippen LogP contribution in [0.2, 0.25) is 0 Å². The second-order valence-electron chi connectivity index (χ2n) is 7.20. The summed E-state index contributed by atoms with van der Waals surface area (Å²) >= 11 is 1.38. The van der Waals surface area contributed by atoms with Crippen molar-refractivity contribution < 1.29 is 24.4 Å². The number of piperazine rings is 1. The summed E-state index contributed by atoms with van der Waals surface area (Å²) in [6, 6.07) is 6.48. The standard InChI is InChI=1S/C19H24FN5O2S/c1-2-15-21-19-25(22-15)18(27)17(28-19)16(13-5-3-4-6-14(13)20)24-9-7-23(8-10-24)11-12-26/h3-6,16,26-27H,2,7-12H2,1H3/p+2/t16-/m0/s1. The van der Waals surface area contributed by atoms with Crippen LogP contribution in [0, 0.1) is 5.82 Å². The topological polar surface area (TPSA) is 79.5 Å². The van der Waals surface area contributed by atoms with Crippen LogP contribution in [-0.4, -0.2) is 64.1 Å². The van der Waals surface area contributed by atoms with Crippen LogP contribution in [0.1, 0.15) is 29.2 Å². The first-order valence-corrected chi connectivity index (χ1v) is 10.5. The van der Waals surface area contributed by atoms with E-state index in [2.05, 4.69) is 10.1 Å². The first-order chi connectivity index (χ1) is 13.6. The Balaban J connectivity index is 1.73. The van der Waals surface area contributed by atoms with Gasteiger partial charge >= 0.3 is 0 Å². The lowest BCUT2D eigenvalue weighted by molar-refractivity contribution is -1.02. The fourth-order valence-electron chi connectivity index (χ4n) is 4.01. The third-order valence-electron chi connectivity index (χ3n) is 5.51. The number of rotatable bonds is 6. The molecule has 1 atom stereocenters. The Morgan fingerprint density at radius 3 is 2.64 bits per heavy atom. The second-order valence-corrected chi connectivity index (χ2v) is 8.21. The number of benzene rings is 1. The zero-order chi connectivity index (χ0) is 19.7. The molecule has 1 fully saturated rings. The van der Waals surface area contributed by atoms with Crippen molar-refractivity contribution in [2.45, 2.75) is 19.4 Å². The van der Waals surface area contributed by atoms with E-state index in [0.717, 1.165) is 32.7 Å². The number of aryl methyl sites for hydroxylation is 1. The Morgan fingerprint density at radius 2 is 2.00 bits per heavy atom. The summed E-state index contributed by atoms with van der Waals surface area (Å²) in [7, 11) is 0. The number of aliphatic hydroxyl groups is 1. The number of halogens is 1. The molecule has 0 aliphatic carbocycles. The molecule has 7 nitrogen and oxygen atoms in total. The van der Waals surface area contributed by atoms with Crippen LogP contribution in [0.4, 0.5) is 4.39 Å². The number of nitrogens with one attached hydrogen (secondary N) is 2. The molecule has 2 aromatic heterocycles. The molecule has 1 aliphatic rings. The molecule has 9 heteroatoms. The highest BCUT2D eigenvalue weighted by atomic mass is 32.1. The highest BCUT2D eigenvalue weighted by molar-refractivity contribution is 7.17. The predicted molar refractivity (Wildman–Crippen MR) is 103 cm³/mol. The number of hydrogen-bond donors (Lipinski definition) is 4. The van der Waals surface area contributed by atoms with Gasteiger partial charge in [-0.05, 0) is 12.1 Å². The molecule has 0 spiro atoms. The van der Waals surface area contributed by atoms with Gasteiger partial charge in [0.2, 0.25) is 10.8 Å². The number of fused-ring (bicyclic) bond motifs is 1. The lowest BCUT2D eigenvalue weighted by Gasteiger charge is -2.34. The first-order valence-electron chi connectivity index (χ1n) is 9.73. The molecular weight excluding hydrogens is 381 g/mol. The normalized spacial score (nSPS) is 21.2. The van der Waals surface area contributed by atoms with Crippen molar-refractivity contribution in [1.82, 2.24) is 14.6 Å². The molecule has 3 aromatic rings. The molecule has 0 amide bonds. The summed E-state index contributed by atoms with van der Waals surface area (Å²) in [6.07, 6.45) is 0.695. The Bertz CT molecular complexity index is 951. The van der Waals surface area contributed by atoms with E-state index in [9.17, 15) is 14.6 Å². The number of quaternary nitrogens is 2. The summed E-state index contributed by atoms with van der Waals surface area (Å²) in [6.45, 7) is 6.36. The van der Waals surface area contributed by atoms with Gasteiger partial charge in [0.15, 0.2) is 11.9 Å². The Kier molecular flexibility index (Phi) is 5.58. The number of hydrogen-bond acceptors (Lipinski definition) is 5. The number of nitrogens with zero attached hydrogens (tertiary/aromatic N) is 3. The van der Waals surface area contributed by atoms with Gasteiger partial charge in [0, 0.05) is 6.42 Å². The van der Waals surface area contributed by atoms with E-state index in [0.29, 0.717) is 27.6 Å². The molecule has 4 rings (SSSR count). The van der Waals surface area contributed by atoms with Crippen LogP contribution in [0.15, 0.2) is 24.3 Å². The molecule has 1 saturated heterocycles.